The number of carbonyl (C=O) groups excluding carboxylic acids is 2. The van der Waals surface area contributed by atoms with E-state index in [1.807, 2.05) is 49.5 Å². The maximum atomic E-state index is 13.9. The summed E-state index contributed by atoms with van der Waals surface area (Å²) in [7, 11) is 2.01. The molecule has 10 nitrogen and oxygen atoms in total. The van der Waals surface area contributed by atoms with Crippen LogP contribution in [0.5, 0.6) is 0 Å². The summed E-state index contributed by atoms with van der Waals surface area (Å²) >= 11 is 0. The molecule has 2 amide bonds. The van der Waals surface area contributed by atoms with E-state index >= 15 is 0 Å². The van der Waals surface area contributed by atoms with Crippen molar-refractivity contribution in [2.75, 3.05) is 61.4 Å². The summed E-state index contributed by atoms with van der Waals surface area (Å²) in [5, 5.41) is 15.8. The first-order chi connectivity index (χ1) is 25.8. The molecule has 0 saturated carbocycles. The number of hydrogen-bond donors (Lipinski definition) is 3. The van der Waals surface area contributed by atoms with E-state index in [0.717, 1.165) is 88.3 Å². The van der Waals surface area contributed by atoms with E-state index in [4.69, 9.17) is 4.98 Å². The second-order valence-corrected chi connectivity index (χ2v) is 14.7. The van der Waals surface area contributed by atoms with Crippen molar-refractivity contribution in [2.24, 2.45) is 5.92 Å². The lowest BCUT2D eigenvalue weighted by atomic mass is 9.87. The zero-order valence-corrected chi connectivity index (χ0v) is 30.6. The minimum absolute atomic E-state index is 0.0347. The van der Waals surface area contributed by atoms with Crippen molar-refractivity contribution in [3.8, 4) is 11.3 Å². The largest absolute Gasteiger partial charge is 0.481 e. The molecule has 3 N–H and O–H groups in total. The highest BCUT2D eigenvalue weighted by Crippen LogP contribution is 2.34. The number of fused-ring (bicyclic) bond motifs is 1. The van der Waals surface area contributed by atoms with Crippen molar-refractivity contribution in [3.63, 3.8) is 0 Å². The number of carboxylic acids is 1. The molecule has 1 atom stereocenters. The second kappa shape index (κ2) is 16.6. The number of likely N-dealkylation sites (tertiary alicyclic amines) is 1. The van der Waals surface area contributed by atoms with Gasteiger partial charge in [-0.1, -0.05) is 30.3 Å². The van der Waals surface area contributed by atoms with E-state index in [0.29, 0.717) is 35.3 Å². The fourth-order valence-corrected chi connectivity index (χ4v) is 7.97. The molecule has 2 aliphatic heterocycles. The molecule has 3 heterocycles. The van der Waals surface area contributed by atoms with Gasteiger partial charge in [-0.3, -0.25) is 19.4 Å². The molecule has 7 rings (SSSR count). The molecule has 276 valence electrons. The number of pyridine rings is 1. The first-order valence-electron chi connectivity index (χ1n) is 19.1. The lowest BCUT2D eigenvalue weighted by Crippen LogP contribution is -2.40. The summed E-state index contributed by atoms with van der Waals surface area (Å²) in [5.74, 6) is -1.31. The lowest BCUT2D eigenvalue weighted by molar-refractivity contribution is -0.143. The number of carbonyl (C=O) groups is 3. The van der Waals surface area contributed by atoms with Crippen LogP contribution in [0.4, 0.5) is 17.1 Å². The Bertz CT molecular complexity index is 1930. The van der Waals surface area contributed by atoms with Gasteiger partial charge in [0.15, 0.2) is 0 Å². The lowest BCUT2D eigenvalue weighted by Gasteiger charge is -2.31. The number of anilines is 3. The summed E-state index contributed by atoms with van der Waals surface area (Å²) in [6, 6.07) is 25.6. The molecule has 0 unspecified atom stereocenters. The van der Waals surface area contributed by atoms with E-state index in [9.17, 15) is 19.5 Å². The Kier molecular flexibility index (Phi) is 11.3. The maximum Gasteiger partial charge on any atom is 0.306 e. The van der Waals surface area contributed by atoms with Gasteiger partial charge in [0.2, 0.25) is 0 Å². The second-order valence-electron chi connectivity index (χ2n) is 14.7. The number of amides is 2. The van der Waals surface area contributed by atoms with Gasteiger partial charge in [-0.05, 0) is 124 Å². The monoisotopic (exact) mass is 714 g/mol. The first kappa shape index (κ1) is 36.2. The van der Waals surface area contributed by atoms with Crippen LogP contribution >= 0.6 is 0 Å². The Labute approximate surface area is 312 Å². The van der Waals surface area contributed by atoms with Gasteiger partial charge in [-0.15, -0.1) is 0 Å². The minimum Gasteiger partial charge on any atom is -0.481 e. The summed E-state index contributed by atoms with van der Waals surface area (Å²) in [4.78, 5) is 50.4. The quantitative estimate of drug-likeness (QED) is 0.152. The third-order valence-electron chi connectivity index (χ3n) is 11.2. The summed E-state index contributed by atoms with van der Waals surface area (Å²) < 4.78 is 0. The van der Waals surface area contributed by atoms with Crippen molar-refractivity contribution >= 4 is 34.8 Å². The average Bonchev–Trinajstić information content (AvgIpc) is 3.20. The normalized spacial score (nSPS) is 17.8. The number of aromatic nitrogens is 1. The molecular weight excluding hydrogens is 665 g/mol. The number of hydrogen-bond acceptors (Lipinski definition) is 7. The SMILES string of the molecule is CN(CCN1CCC(C(=O)O)CC1)c1cccc(C(=O)Nc2ccc(N3CCCCC3)cc2-c2cc(C(=O)N[C@H]3CCCc4ccccc43)ccn2)c1. The third-order valence-corrected chi connectivity index (χ3v) is 11.2. The standard InChI is InChI=1S/C43H50N6O4/c1-47(25-26-48-23-18-31(19-24-48)43(52)53)34-12-7-11-32(27-34)41(50)46-39-16-15-35(49-21-5-2-6-22-49)29-37(39)40-28-33(17-20-44-40)42(51)45-38-14-8-10-30-9-3-4-13-36(30)38/h3-4,7,9,11-13,15-17,20,27-29,31,38H,2,5-6,8,10,14,18-19,21-26H2,1H3,(H,45,51)(H,46,50)(H,52,53)/t38-/m0/s1. The van der Waals surface area contributed by atoms with E-state index in [-0.39, 0.29) is 23.8 Å². The van der Waals surface area contributed by atoms with E-state index < -0.39 is 5.97 Å². The van der Waals surface area contributed by atoms with Crippen LogP contribution in [0.2, 0.25) is 0 Å². The van der Waals surface area contributed by atoms with Gasteiger partial charge in [0.25, 0.3) is 11.8 Å². The van der Waals surface area contributed by atoms with E-state index in [1.165, 1.54) is 17.5 Å². The summed E-state index contributed by atoms with van der Waals surface area (Å²) in [5.41, 5.74) is 7.57. The van der Waals surface area contributed by atoms with Crippen LogP contribution in [0.1, 0.15) is 82.8 Å². The fraction of sp³-hybridized carbons (Fsp3) is 0.395. The predicted molar refractivity (Wildman–Crippen MR) is 210 cm³/mol. The van der Waals surface area contributed by atoms with Gasteiger partial charge in [0, 0.05) is 67.5 Å². The van der Waals surface area contributed by atoms with Crippen molar-refractivity contribution < 1.29 is 19.5 Å². The number of nitrogens with zero attached hydrogens (tertiary/aromatic N) is 4. The number of likely N-dealkylation sites (N-methyl/N-ethyl adjacent to an activating group) is 1. The molecule has 3 aromatic carbocycles. The Morgan fingerprint density at radius 1 is 0.830 bits per heavy atom. The Morgan fingerprint density at radius 3 is 2.43 bits per heavy atom. The van der Waals surface area contributed by atoms with Crippen molar-refractivity contribution in [3.05, 3.63) is 107 Å². The molecule has 1 aromatic heterocycles. The topological polar surface area (TPSA) is 118 Å². The summed E-state index contributed by atoms with van der Waals surface area (Å²) in [6.07, 6.45) is 9.49. The molecule has 3 aliphatic rings. The Morgan fingerprint density at radius 2 is 1.62 bits per heavy atom. The number of piperidine rings is 2. The van der Waals surface area contributed by atoms with Crippen LogP contribution in [0.3, 0.4) is 0 Å². The van der Waals surface area contributed by atoms with Crippen LogP contribution in [-0.2, 0) is 11.2 Å². The zero-order chi connectivity index (χ0) is 36.7. The van der Waals surface area contributed by atoms with Crippen molar-refractivity contribution in [1.29, 1.82) is 0 Å². The number of nitrogens with one attached hydrogen (secondary N) is 2. The molecule has 2 saturated heterocycles. The number of aryl methyl sites for hydroxylation is 1. The molecule has 0 bridgehead atoms. The zero-order valence-electron chi connectivity index (χ0n) is 30.6. The predicted octanol–water partition coefficient (Wildman–Crippen LogP) is 7.03. The first-order valence-corrected chi connectivity index (χ1v) is 19.1. The van der Waals surface area contributed by atoms with E-state index in [1.54, 1.807) is 12.3 Å². The molecule has 53 heavy (non-hydrogen) atoms. The van der Waals surface area contributed by atoms with Gasteiger partial charge < -0.3 is 30.4 Å². The number of carboxylic acid groups (broad SMARTS) is 1. The number of benzene rings is 3. The van der Waals surface area contributed by atoms with Crippen LogP contribution in [0.15, 0.2) is 85.1 Å². The fourth-order valence-electron chi connectivity index (χ4n) is 7.97. The van der Waals surface area contributed by atoms with Gasteiger partial charge >= 0.3 is 5.97 Å². The average molecular weight is 715 g/mol. The number of aliphatic carboxylic acids is 1. The molecule has 0 spiro atoms. The number of rotatable bonds is 11. The summed E-state index contributed by atoms with van der Waals surface area (Å²) in [6.45, 7) is 5.10. The van der Waals surface area contributed by atoms with Crippen molar-refractivity contribution in [2.45, 2.75) is 57.4 Å². The van der Waals surface area contributed by atoms with Crippen LogP contribution in [0, 0.1) is 5.92 Å². The van der Waals surface area contributed by atoms with Gasteiger partial charge in [0.05, 0.1) is 23.3 Å². The van der Waals surface area contributed by atoms with Crippen LogP contribution in [0.25, 0.3) is 11.3 Å². The third kappa shape index (κ3) is 8.71. The van der Waals surface area contributed by atoms with Crippen molar-refractivity contribution in [1.82, 2.24) is 15.2 Å². The molecule has 4 aromatic rings. The molecule has 10 heteroatoms. The Balaban J connectivity index is 1.08. The maximum absolute atomic E-state index is 13.9. The minimum atomic E-state index is -0.698. The molecular formula is C43H50N6O4. The molecule has 2 fully saturated rings. The Hall–Kier alpha value is -5.22. The van der Waals surface area contributed by atoms with Gasteiger partial charge in [-0.25, -0.2) is 0 Å². The van der Waals surface area contributed by atoms with Gasteiger partial charge in [-0.2, -0.15) is 0 Å². The van der Waals surface area contributed by atoms with Crippen LogP contribution in [-0.4, -0.2) is 79.1 Å². The highest BCUT2D eigenvalue weighted by Gasteiger charge is 2.25. The van der Waals surface area contributed by atoms with E-state index in [2.05, 4.69) is 55.7 Å². The van der Waals surface area contributed by atoms with Crippen LogP contribution < -0.4 is 20.4 Å². The highest BCUT2D eigenvalue weighted by atomic mass is 16.4. The molecule has 1 aliphatic carbocycles. The smallest absolute Gasteiger partial charge is 0.306 e. The molecule has 0 radical (unpaired) electrons. The van der Waals surface area contributed by atoms with Gasteiger partial charge in [0.1, 0.15) is 0 Å². The highest BCUT2D eigenvalue weighted by molar-refractivity contribution is 6.07.